The molecule has 90 valence electrons. The molecule has 3 nitrogen and oxygen atoms in total. The number of ether oxygens (including phenoxy) is 1. The number of rotatable bonds is 3. The molecule has 1 atom stereocenters. The summed E-state index contributed by atoms with van der Waals surface area (Å²) in [5, 5.41) is 3.31. The Kier molecular flexibility index (Phi) is 2.52. The molecule has 1 N–H and O–H groups in total. The average molecular weight is 239 g/mol. The van der Waals surface area contributed by atoms with Crippen molar-refractivity contribution in [2.75, 3.05) is 5.32 Å². The second-order valence-electron chi connectivity index (χ2n) is 4.37. The van der Waals surface area contributed by atoms with Gasteiger partial charge in [-0.2, -0.15) is 0 Å². The van der Waals surface area contributed by atoms with Gasteiger partial charge in [0.15, 0.2) is 0 Å². The van der Waals surface area contributed by atoms with Gasteiger partial charge >= 0.3 is 0 Å². The number of hydrogen-bond acceptors (Lipinski definition) is 3. The molecule has 2 aromatic carbocycles. The van der Waals surface area contributed by atoms with Gasteiger partial charge in [0.05, 0.1) is 0 Å². The van der Waals surface area contributed by atoms with Crippen molar-refractivity contribution in [1.82, 2.24) is 0 Å². The van der Waals surface area contributed by atoms with E-state index < -0.39 is 5.72 Å². The normalized spacial score (nSPS) is 20.9. The Morgan fingerprint density at radius 2 is 1.78 bits per heavy atom. The minimum absolute atomic E-state index is 0.506. The van der Waals surface area contributed by atoms with E-state index in [0.29, 0.717) is 12.9 Å². The van der Waals surface area contributed by atoms with E-state index in [9.17, 15) is 4.79 Å². The number of fused-ring (bicyclic) bond motifs is 1. The maximum Gasteiger partial charge on any atom is 0.295 e. The van der Waals surface area contributed by atoms with E-state index >= 15 is 0 Å². The van der Waals surface area contributed by atoms with E-state index in [-0.39, 0.29) is 0 Å². The summed E-state index contributed by atoms with van der Waals surface area (Å²) in [6, 6.07) is 17.7. The Labute approximate surface area is 105 Å². The third-order valence-corrected chi connectivity index (χ3v) is 3.28. The zero-order valence-electron chi connectivity index (χ0n) is 9.80. The van der Waals surface area contributed by atoms with E-state index in [0.717, 1.165) is 16.8 Å². The summed E-state index contributed by atoms with van der Waals surface area (Å²) in [5.74, 6) is 0. The van der Waals surface area contributed by atoms with Gasteiger partial charge in [-0.25, -0.2) is 0 Å². The maximum atomic E-state index is 10.8. The van der Waals surface area contributed by atoms with E-state index in [1.54, 1.807) is 0 Å². The summed E-state index contributed by atoms with van der Waals surface area (Å²) in [7, 11) is 0. The first-order valence-corrected chi connectivity index (χ1v) is 5.87. The Hall–Kier alpha value is -2.29. The summed E-state index contributed by atoms with van der Waals surface area (Å²) < 4.78 is 5.37. The predicted molar refractivity (Wildman–Crippen MR) is 69.0 cm³/mol. The molecule has 3 rings (SSSR count). The Bertz CT molecular complexity index is 541. The number of nitrogens with one attached hydrogen (secondary N) is 1. The molecule has 18 heavy (non-hydrogen) atoms. The third-order valence-electron chi connectivity index (χ3n) is 3.28. The fraction of sp³-hybridized carbons (Fsp3) is 0.133. The van der Waals surface area contributed by atoms with Gasteiger partial charge < -0.3 is 10.1 Å². The first kappa shape index (κ1) is 10.8. The Morgan fingerprint density at radius 1 is 1.06 bits per heavy atom. The molecule has 1 aliphatic rings. The van der Waals surface area contributed by atoms with E-state index in [1.165, 1.54) is 0 Å². The summed E-state index contributed by atoms with van der Waals surface area (Å²) in [4.78, 5) is 10.8. The largest absolute Gasteiger partial charge is 0.437 e. The van der Waals surface area contributed by atoms with Crippen LogP contribution in [0.4, 0.5) is 5.69 Å². The highest BCUT2D eigenvalue weighted by Crippen LogP contribution is 2.39. The van der Waals surface area contributed by atoms with Crippen LogP contribution in [0.5, 0.6) is 0 Å². The van der Waals surface area contributed by atoms with Gasteiger partial charge in [-0.15, -0.1) is 0 Å². The summed E-state index contributed by atoms with van der Waals surface area (Å²) in [6.45, 7) is 0.506. The van der Waals surface area contributed by atoms with Gasteiger partial charge in [0.1, 0.15) is 0 Å². The van der Waals surface area contributed by atoms with Crippen molar-refractivity contribution in [3.05, 3.63) is 65.7 Å². The van der Waals surface area contributed by atoms with Crippen molar-refractivity contribution in [2.24, 2.45) is 0 Å². The molecule has 0 fully saturated rings. The monoisotopic (exact) mass is 239 g/mol. The van der Waals surface area contributed by atoms with Gasteiger partial charge in [0.25, 0.3) is 6.47 Å². The molecule has 2 aromatic rings. The third kappa shape index (κ3) is 1.64. The summed E-state index contributed by atoms with van der Waals surface area (Å²) >= 11 is 0. The number of hydrogen-bond donors (Lipinski definition) is 1. The van der Waals surface area contributed by atoms with Crippen LogP contribution >= 0.6 is 0 Å². The standard InChI is InChI=1S/C15H13NO2/c17-11-18-15(13-7-2-1-3-8-13)10-12-6-4-5-9-14(12)16-15/h1-9,11,16H,10H2. The van der Waals surface area contributed by atoms with Crippen LogP contribution in [0, 0.1) is 0 Å². The van der Waals surface area contributed by atoms with Crippen LogP contribution in [0.15, 0.2) is 54.6 Å². The number of anilines is 1. The van der Waals surface area contributed by atoms with Crippen LogP contribution in [0.1, 0.15) is 11.1 Å². The topological polar surface area (TPSA) is 38.3 Å². The lowest BCUT2D eigenvalue weighted by Crippen LogP contribution is -2.36. The highest BCUT2D eigenvalue weighted by atomic mass is 16.6. The maximum absolute atomic E-state index is 10.8. The Morgan fingerprint density at radius 3 is 2.50 bits per heavy atom. The molecular formula is C15H13NO2. The van der Waals surface area contributed by atoms with Crippen LogP contribution in [-0.4, -0.2) is 6.47 Å². The van der Waals surface area contributed by atoms with Crippen LogP contribution in [0.3, 0.4) is 0 Å². The minimum atomic E-state index is -0.771. The fourth-order valence-electron chi connectivity index (χ4n) is 2.43. The summed E-state index contributed by atoms with van der Waals surface area (Å²) in [5.41, 5.74) is 2.35. The van der Waals surface area contributed by atoms with Gasteiger partial charge in [0, 0.05) is 17.7 Å². The highest BCUT2D eigenvalue weighted by molar-refractivity contribution is 5.61. The van der Waals surface area contributed by atoms with Crippen molar-refractivity contribution in [1.29, 1.82) is 0 Å². The van der Waals surface area contributed by atoms with E-state index in [2.05, 4.69) is 5.32 Å². The van der Waals surface area contributed by atoms with Crippen molar-refractivity contribution >= 4 is 12.2 Å². The van der Waals surface area contributed by atoms with Crippen molar-refractivity contribution < 1.29 is 9.53 Å². The molecule has 0 aromatic heterocycles. The number of carbonyl (C=O) groups excluding carboxylic acids is 1. The average Bonchev–Trinajstić information content (AvgIpc) is 2.79. The molecule has 0 radical (unpaired) electrons. The van der Waals surface area contributed by atoms with Crippen LogP contribution in [0.25, 0.3) is 0 Å². The quantitative estimate of drug-likeness (QED) is 0.837. The summed E-state index contributed by atoms with van der Waals surface area (Å²) in [6.07, 6.45) is 0.645. The molecule has 0 aliphatic carbocycles. The molecule has 0 amide bonds. The molecule has 1 unspecified atom stereocenters. The second-order valence-corrected chi connectivity index (χ2v) is 4.37. The number of benzene rings is 2. The molecular weight excluding hydrogens is 226 g/mol. The number of carbonyl (C=O) groups is 1. The molecule has 0 saturated carbocycles. The van der Waals surface area contributed by atoms with Gasteiger partial charge in [-0.05, 0) is 11.6 Å². The molecule has 0 saturated heterocycles. The lowest BCUT2D eigenvalue weighted by Gasteiger charge is -2.28. The fourth-order valence-corrected chi connectivity index (χ4v) is 2.43. The first-order chi connectivity index (χ1) is 8.84. The second kappa shape index (κ2) is 4.18. The smallest absolute Gasteiger partial charge is 0.295 e. The van der Waals surface area contributed by atoms with Crippen molar-refractivity contribution in [2.45, 2.75) is 12.1 Å². The van der Waals surface area contributed by atoms with Crippen LogP contribution in [0.2, 0.25) is 0 Å². The molecule has 0 spiro atoms. The molecule has 1 heterocycles. The van der Waals surface area contributed by atoms with Crippen LogP contribution in [-0.2, 0) is 21.7 Å². The zero-order valence-corrected chi connectivity index (χ0v) is 9.80. The molecule has 1 aliphatic heterocycles. The predicted octanol–water partition coefficient (Wildman–Crippen LogP) is 2.68. The highest BCUT2D eigenvalue weighted by Gasteiger charge is 2.40. The van der Waals surface area contributed by atoms with Crippen molar-refractivity contribution in [3.8, 4) is 0 Å². The molecule has 3 heteroatoms. The Balaban J connectivity index is 2.04. The minimum Gasteiger partial charge on any atom is -0.437 e. The lowest BCUT2D eigenvalue weighted by molar-refractivity contribution is -0.141. The first-order valence-electron chi connectivity index (χ1n) is 5.87. The SMILES string of the molecule is O=COC1(c2ccccc2)Cc2ccccc2N1. The van der Waals surface area contributed by atoms with Crippen LogP contribution < -0.4 is 5.32 Å². The van der Waals surface area contributed by atoms with Gasteiger partial charge in [-0.3, -0.25) is 4.79 Å². The lowest BCUT2D eigenvalue weighted by atomic mass is 9.99. The van der Waals surface area contributed by atoms with E-state index in [4.69, 9.17) is 4.74 Å². The van der Waals surface area contributed by atoms with Crippen molar-refractivity contribution in [3.63, 3.8) is 0 Å². The van der Waals surface area contributed by atoms with Gasteiger partial charge in [0.2, 0.25) is 5.72 Å². The molecule has 0 bridgehead atoms. The zero-order chi connectivity index (χ0) is 12.4. The van der Waals surface area contributed by atoms with Gasteiger partial charge in [-0.1, -0.05) is 48.5 Å². The van der Waals surface area contributed by atoms with E-state index in [1.807, 2.05) is 54.6 Å². The number of para-hydroxylation sites is 1.